The molecule has 8 nitrogen and oxygen atoms in total. The van der Waals surface area contributed by atoms with Crippen molar-refractivity contribution in [1.82, 2.24) is 19.8 Å². The minimum Gasteiger partial charge on any atom is -0.475 e. The smallest absolute Gasteiger partial charge is 0.475 e. The monoisotopic (exact) mass is 447 g/mol. The Morgan fingerprint density at radius 3 is 2.19 bits per heavy atom. The molecule has 2 aliphatic heterocycles. The van der Waals surface area contributed by atoms with Crippen LogP contribution >= 0.6 is 0 Å². The summed E-state index contributed by atoms with van der Waals surface area (Å²) in [7, 11) is 1.91. The van der Waals surface area contributed by atoms with E-state index in [1.807, 2.05) is 11.9 Å². The van der Waals surface area contributed by atoms with E-state index >= 15 is 0 Å². The van der Waals surface area contributed by atoms with E-state index in [0.29, 0.717) is 5.95 Å². The molecule has 1 aromatic heterocycles. The van der Waals surface area contributed by atoms with Crippen molar-refractivity contribution in [3.8, 4) is 0 Å². The van der Waals surface area contributed by atoms with Crippen molar-refractivity contribution in [3.63, 3.8) is 0 Å². The molecule has 0 unspecified atom stereocenters. The van der Waals surface area contributed by atoms with Gasteiger partial charge < -0.3 is 14.9 Å². The number of piperazine rings is 1. The maximum Gasteiger partial charge on any atom is 0.490 e. The van der Waals surface area contributed by atoms with E-state index in [4.69, 9.17) is 9.90 Å². The van der Waals surface area contributed by atoms with Crippen LogP contribution in [0.5, 0.6) is 0 Å². The molecule has 31 heavy (non-hydrogen) atoms. The Morgan fingerprint density at radius 1 is 1.16 bits per heavy atom. The Hall–Kier alpha value is -2.50. The van der Waals surface area contributed by atoms with Gasteiger partial charge in [-0.3, -0.25) is 9.69 Å². The topological polar surface area (TPSA) is 89.9 Å². The number of anilines is 1. The van der Waals surface area contributed by atoms with Gasteiger partial charge in [0.05, 0.1) is 12.4 Å². The van der Waals surface area contributed by atoms with E-state index in [1.54, 1.807) is 0 Å². The molecule has 1 aromatic rings. The number of aromatic nitrogens is 2. The molecule has 1 N–H and O–H groups in total. The standard InChI is InChI=1S/C17H24FN5O.C2HF3O2/c1-21-8-9-23(12-13-2-3-13)17(15(21)24)4-6-22(7-5-17)16-19-10-14(18)11-20-16;3-2(4,5)1(6)7/h10-11,13H,2-9,12H2,1H3;(H,6,7). The van der Waals surface area contributed by atoms with E-state index in [0.717, 1.165) is 51.5 Å². The van der Waals surface area contributed by atoms with Crippen molar-refractivity contribution in [2.75, 3.05) is 44.7 Å². The Morgan fingerprint density at radius 2 is 1.71 bits per heavy atom. The fourth-order valence-corrected chi connectivity index (χ4v) is 4.03. The molecule has 3 aliphatic rings. The quantitative estimate of drug-likeness (QED) is 0.707. The van der Waals surface area contributed by atoms with Crippen molar-refractivity contribution in [2.45, 2.75) is 37.4 Å². The Kier molecular flexibility index (Phi) is 6.68. The predicted octanol–water partition coefficient (Wildman–Crippen LogP) is 1.77. The van der Waals surface area contributed by atoms with Gasteiger partial charge >= 0.3 is 12.1 Å². The first-order valence-corrected chi connectivity index (χ1v) is 10.1. The molecule has 12 heteroatoms. The lowest BCUT2D eigenvalue weighted by Crippen LogP contribution is -2.68. The molecule has 0 radical (unpaired) electrons. The second-order valence-corrected chi connectivity index (χ2v) is 8.14. The summed E-state index contributed by atoms with van der Waals surface area (Å²) >= 11 is 0. The molecule has 0 bridgehead atoms. The van der Waals surface area contributed by atoms with E-state index in [9.17, 15) is 22.4 Å². The second-order valence-electron chi connectivity index (χ2n) is 8.14. The highest BCUT2D eigenvalue weighted by Crippen LogP contribution is 2.38. The summed E-state index contributed by atoms with van der Waals surface area (Å²) in [5, 5.41) is 7.12. The maximum atomic E-state index is 13.0. The molecule has 0 aromatic carbocycles. The van der Waals surface area contributed by atoms with Gasteiger partial charge in [-0.05, 0) is 31.6 Å². The van der Waals surface area contributed by atoms with Crippen molar-refractivity contribution < 1.29 is 32.3 Å². The van der Waals surface area contributed by atoms with Crippen LogP contribution in [0.15, 0.2) is 12.4 Å². The van der Waals surface area contributed by atoms with Gasteiger partial charge in [-0.2, -0.15) is 13.2 Å². The van der Waals surface area contributed by atoms with Crippen LogP contribution in [0.25, 0.3) is 0 Å². The number of carboxylic acids is 1. The van der Waals surface area contributed by atoms with Gasteiger partial charge in [0, 0.05) is 39.8 Å². The molecular formula is C19H25F4N5O3. The summed E-state index contributed by atoms with van der Waals surface area (Å²) in [6.07, 6.45) is 1.48. The first-order valence-electron chi connectivity index (χ1n) is 10.1. The number of carboxylic acid groups (broad SMARTS) is 1. The molecule has 4 rings (SSSR count). The third kappa shape index (κ3) is 5.41. The van der Waals surface area contributed by atoms with Crippen LogP contribution in [0.4, 0.5) is 23.5 Å². The molecule has 1 aliphatic carbocycles. The molecule has 2 saturated heterocycles. The maximum absolute atomic E-state index is 13.0. The van der Waals surface area contributed by atoms with E-state index in [1.165, 1.54) is 25.2 Å². The van der Waals surface area contributed by atoms with Gasteiger partial charge in [-0.1, -0.05) is 0 Å². The van der Waals surface area contributed by atoms with Crippen LogP contribution < -0.4 is 4.90 Å². The second kappa shape index (κ2) is 8.93. The molecule has 0 atom stereocenters. The number of rotatable bonds is 3. The molecule has 1 spiro atoms. The minimum absolute atomic E-state index is 0.258. The van der Waals surface area contributed by atoms with Gasteiger partial charge in [0.2, 0.25) is 11.9 Å². The average molecular weight is 447 g/mol. The zero-order valence-corrected chi connectivity index (χ0v) is 17.1. The summed E-state index contributed by atoms with van der Waals surface area (Å²) in [5.74, 6) is -1.60. The number of carbonyl (C=O) groups is 2. The highest BCUT2D eigenvalue weighted by atomic mass is 19.4. The van der Waals surface area contributed by atoms with Crippen LogP contribution in [0.1, 0.15) is 25.7 Å². The lowest BCUT2D eigenvalue weighted by atomic mass is 9.82. The van der Waals surface area contributed by atoms with Crippen LogP contribution in [-0.4, -0.2) is 88.2 Å². The van der Waals surface area contributed by atoms with E-state index in [-0.39, 0.29) is 11.4 Å². The van der Waals surface area contributed by atoms with Crippen LogP contribution in [0.3, 0.4) is 0 Å². The lowest BCUT2D eigenvalue weighted by Gasteiger charge is -2.52. The zero-order chi connectivity index (χ0) is 22.8. The number of amides is 1. The Balaban J connectivity index is 0.000000339. The fourth-order valence-electron chi connectivity index (χ4n) is 4.03. The van der Waals surface area contributed by atoms with Crippen molar-refractivity contribution in [2.24, 2.45) is 5.92 Å². The summed E-state index contributed by atoms with van der Waals surface area (Å²) in [5.41, 5.74) is -0.369. The number of aliphatic carboxylic acids is 1. The number of hydrogen-bond donors (Lipinski definition) is 1. The number of alkyl halides is 3. The minimum atomic E-state index is -5.08. The van der Waals surface area contributed by atoms with Crippen LogP contribution in [0.2, 0.25) is 0 Å². The van der Waals surface area contributed by atoms with Gasteiger partial charge in [0.25, 0.3) is 0 Å². The van der Waals surface area contributed by atoms with Crippen molar-refractivity contribution in [1.29, 1.82) is 0 Å². The first kappa shape index (κ1) is 23.2. The van der Waals surface area contributed by atoms with E-state index < -0.39 is 18.0 Å². The zero-order valence-electron chi connectivity index (χ0n) is 17.1. The predicted molar refractivity (Wildman–Crippen MR) is 102 cm³/mol. The Labute approximate surface area is 176 Å². The molecule has 3 heterocycles. The highest BCUT2D eigenvalue weighted by molar-refractivity contribution is 5.87. The summed E-state index contributed by atoms with van der Waals surface area (Å²) < 4.78 is 44.7. The number of halogens is 4. The van der Waals surface area contributed by atoms with Gasteiger partial charge in [0.15, 0.2) is 5.82 Å². The van der Waals surface area contributed by atoms with Crippen LogP contribution in [0, 0.1) is 11.7 Å². The normalized spacial score (nSPS) is 21.6. The van der Waals surface area contributed by atoms with Gasteiger partial charge in [-0.25, -0.2) is 19.2 Å². The molecule has 1 saturated carbocycles. The summed E-state index contributed by atoms with van der Waals surface area (Å²) in [6.45, 7) is 4.29. The summed E-state index contributed by atoms with van der Waals surface area (Å²) in [6, 6.07) is 0. The number of nitrogens with zero attached hydrogens (tertiary/aromatic N) is 5. The number of hydrogen-bond acceptors (Lipinski definition) is 6. The van der Waals surface area contributed by atoms with Crippen molar-refractivity contribution in [3.05, 3.63) is 18.2 Å². The van der Waals surface area contributed by atoms with E-state index in [2.05, 4.69) is 19.8 Å². The molecular weight excluding hydrogens is 422 g/mol. The van der Waals surface area contributed by atoms with Crippen LogP contribution in [-0.2, 0) is 9.59 Å². The fraction of sp³-hybridized carbons (Fsp3) is 0.684. The largest absolute Gasteiger partial charge is 0.490 e. The molecule has 172 valence electrons. The first-order chi connectivity index (χ1) is 14.5. The number of piperidine rings is 1. The highest BCUT2D eigenvalue weighted by Gasteiger charge is 2.51. The third-order valence-corrected chi connectivity index (χ3v) is 5.95. The molecule has 3 fully saturated rings. The average Bonchev–Trinajstić information content (AvgIpc) is 3.54. The SMILES string of the molecule is CN1CCN(CC2CC2)C2(CCN(c3ncc(F)cn3)CC2)C1=O.O=C(O)C(F)(F)F. The summed E-state index contributed by atoms with van der Waals surface area (Å²) in [4.78, 5) is 36.4. The number of likely N-dealkylation sites (N-methyl/N-ethyl adjacent to an activating group) is 1. The Bertz CT molecular complexity index is 793. The number of carbonyl (C=O) groups excluding carboxylic acids is 1. The van der Waals surface area contributed by atoms with Gasteiger partial charge in [-0.15, -0.1) is 0 Å². The van der Waals surface area contributed by atoms with Gasteiger partial charge in [0.1, 0.15) is 5.54 Å². The third-order valence-electron chi connectivity index (χ3n) is 5.95. The lowest BCUT2D eigenvalue weighted by molar-refractivity contribution is -0.192. The van der Waals surface area contributed by atoms with Crippen molar-refractivity contribution >= 4 is 17.8 Å². The molecule has 1 amide bonds.